The van der Waals surface area contributed by atoms with Crippen molar-refractivity contribution in [2.75, 3.05) is 11.4 Å². The molecule has 1 saturated heterocycles. The summed E-state index contributed by atoms with van der Waals surface area (Å²) in [6, 6.07) is 6.61. The zero-order valence-electron chi connectivity index (χ0n) is 17.0. The number of rotatable bonds is 3. The van der Waals surface area contributed by atoms with Gasteiger partial charge in [-0.05, 0) is 37.1 Å². The zero-order valence-corrected chi connectivity index (χ0v) is 17.0. The van der Waals surface area contributed by atoms with Gasteiger partial charge < -0.3 is 9.32 Å². The molecule has 2 aromatic carbocycles. The van der Waals surface area contributed by atoms with Crippen LogP contribution in [0.5, 0.6) is 0 Å². The van der Waals surface area contributed by atoms with Gasteiger partial charge in [-0.3, -0.25) is 0 Å². The zero-order chi connectivity index (χ0) is 22.7. The molecule has 166 valence electrons. The molecular formula is C23H15F4N5O. The summed E-state index contributed by atoms with van der Waals surface area (Å²) in [4.78, 5) is 10.8. The molecular weight excluding hydrogens is 438 g/mol. The van der Waals surface area contributed by atoms with Gasteiger partial charge in [-0.2, -0.15) is 5.10 Å². The predicted molar refractivity (Wildman–Crippen MR) is 112 cm³/mol. The topological polar surface area (TPSA) is 59.5 Å². The van der Waals surface area contributed by atoms with Gasteiger partial charge in [0.1, 0.15) is 34.3 Å². The number of hydrogen-bond acceptors (Lipinski definition) is 5. The van der Waals surface area contributed by atoms with E-state index in [1.807, 2.05) is 4.90 Å². The quantitative estimate of drug-likeness (QED) is 0.341. The van der Waals surface area contributed by atoms with E-state index in [2.05, 4.69) is 15.1 Å². The molecule has 10 heteroatoms. The predicted octanol–water partition coefficient (Wildman–Crippen LogP) is 5.44. The number of halogens is 4. The molecule has 3 aromatic heterocycles. The van der Waals surface area contributed by atoms with Gasteiger partial charge in [0, 0.05) is 30.4 Å². The van der Waals surface area contributed by atoms with Crippen LogP contribution in [0.3, 0.4) is 0 Å². The molecule has 1 fully saturated rings. The van der Waals surface area contributed by atoms with E-state index in [1.54, 1.807) is 12.3 Å². The first-order valence-electron chi connectivity index (χ1n) is 10.3. The number of anilines is 1. The van der Waals surface area contributed by atoms with Crippen molar-refractivity contribution in [3.8, 4) is 11.5 Å². The second-order valence-corrected chi connectivity index (χ2v) is 7.88. The summed E-state index contributed by atoms with van der Waals surface area (Å²) in [7, 11) is 0. The molecule has 5 aromatic rings. The van der Waals surface area contributed by atoms with Crippen molar-refractivity contribution in [3.63, 3.8) is 0 Å². The number of fused-ring (bicyclic) bond motifs is 2. The van der Waals surface area contributed by atoms with Gasteiger partial charge in [-0.25, -0.2) is 32.0 Å². The van der Waals surface area contributed by atoms with Crippen LogP contribution in [0.2, 0.25) is 0 Å². The highest BCUT2D eigenvalue weighted by Crippen LogP contribution is 2.37. The molecule has 0 aliphatic carbocycles. The van der Waals surface area contributed by atoms with Crippen LogP contribution in [0, 0.1) is 23.3 Å². The van der Waals surface area contributed by atoms with Crippen LogP contribution >= 0.6 is 0 Å². The highest BCUT2D eigenvalue weighted by Gasteiger charge is 2.30. The Morgan fingerprint density at radius 1 is 0.939 bits per heavy atom. The molecule has 6 nitrogen and oxygen atoms in total. The van der Waals surface area contributed by atoms with E-state index < -0.39 is 23.3 Å². The molecule has 0 amide bonds. The van der Waals surface area contributed by atoms with Gasteiger partial charge in [0.2, 0.25) is 5.89 Å². The Bertz CT molecular complexity index is 1530. The minimum Gasteiger partial charge on any atom is -0.433 e. The van der Waals surface area contributed by atoms with Crippen LogP contribution < -0.4 is 4.90 Å². The van der Waals surface area contributed by atoms with E-state index in [1.165, 1.54) is 16.8 Å². The smallest absolute Gasteiger partial charge is 0.232 e. The molecule has 6 rings (SSSR count). The Labute approximate surface area is 184 Å². The van der Waals surface area contributed by atoms with Crippen molar-refractivity contribution in [3.05, 3.63) is 77.6 Å². The van der Waals surface area contributed by atoms with Crippen molar-refractivity contribution >= 4 is 22.6 Å². The maximum Gasteiger partial charge on any atom is 0.232 e. The molecule has 0 saturated carbocycles. The van der Waals surface area contributed by atoms with E-state index in [0.29, 0.717) is 30.0 Å². The van der Waals surface area contributed by atoms with Crippen LogP contribution in [0.4, 0.5) is 23.4 Å². The van der Waals surface area contributed by atoms with Gasteiger partial charge in [-0.1, -0.05) is 0 Å². The molecule has 1 aliphatic heterocycles. The van der Waals surface area contributed by atoms with Gasteiger partial charge in [0.15, 0.2) is 17.0 Å². The fourth-order valence-electron chi connectivity index (χ4n) is 4.38. The lowest BCUT2D eigenvalue weighted by atomic mass is 10.0. The van der Waals surface area contributed by atoms with Crippen LogP contribution in [0.1, 0.15) is 24.4 Å². The third-order valence-corrected chi connectivity index (χ3v) is 5.86. The van der Waals surface area contributed by atoms with E-state index in [0.717, 1.165) is 30.7 Å². The van der Waals surface area contributed by atoms with E-state index in [4.69, 9.17) is 4.42 Å². The minimum absolute atomic E-state index is 0.0409. The maximum absolute atomic E-state index is 14.5. The number of benzene rings is 2. The monoisotopic (exact) mass is 453 g/mol. The molecule has 0 spiro atoms. The summed E-state index contributed by atoms with van der Waals surface area (Å²) in [5.74, 6) is -2.00. The molecule has 0 N–H and O–H groups in total. The van der Waals surface area contributed by atoms with E-state index in [-0.39, 0.29) is 28.6 Å². The summed E-state index contributed by atoms with van der Waals surface area (Å²) in [6.45, 7) is 0.612. The van der Waals surface area contributed by atoms with Crippen molar-refractivity contribution in [1.29, 1.82) is 0 Å². The lowest BCUT2D eigenvalue weighted by Gasteiger charge is -2.26. The second-order valence-electron chi connectivity index (χ2n) is 7.88. The molecule has 1 atom stereocenters. The SMILES string of the molecule is Fc1ccc(F)c([C@H]2CCCN2c2ccn3ncc(-c4nc5cc(F)cc(F)c5o4)c3n2)c1. The number of hydrogen-bond donors (Lipinski definition) is 0. The molecule has 0 unspecified atom stereocenters. The second kappa shape index (κ2) is 7.29. The largest absolute Gasteiger partial charge is 0.433 e. The fraction of sp³-hybridized carbons (Fsp3) is 0.174. The highest BCUT2D eigenvalue weighted by molar-refractivity contribution is 5.80. The first-order chi connectivity index (χ1) is 16.0. The summed E-state index contributed by atoms with van der Waals surface area (Å²) in [5.41, 5.74) is 0.924. The lowest BCUT2D eigenvalue weighted by Crippen LogP contribution is -2.24. The van der Waals surface area contributed by atoms with Gasteiger partial charge >= 0.3 is 0 Å². The molecule has 0 radical (unpaired) electrons. The normalized spacial score (nSPS) is 16.4. The standard InChI is InChI=1S/C23H15F4N5O/c24-12-3-4-16(26)14(8-12)19-2-1-6-31(19)20-5-7-32-22(30-20)15(11-28-32)23-29-18-10-13(25)9-17(27)21(18)33-23/h3-5,7-11,19H,1-2,6H2/t19-/m1/s1. The Morgan fingerprint density at radius 2 is 1.82 bits per heavy atom. The Kier molecular flexibility index (Phi) is 4.36. The number of oxazole rings is 1. The van der Waals surface area contributed by atoms with Gasteiger partial charge in [0.25, 0.3) is 0 Å². The van der Waals surface area contributed by atoms with Crippen molar-refractivity contribution in [2.24, 2.45) is 0 Å². The Balaban J connectivity index is 1.44. The van der Waals surface area contributed by atoms with Crippen LogP contribution in [0.15, 0.2) is 53.2 Å². The van der Waals surface area contributed by atoms with Gasteiger partial charge in [-0.15, -0.1) is 0 Å². The Morgan fingerprint density at radius 3 is 2.70 bits per heavy atom. The third kappa shape index (κ3) is 3.21. The molecule has 0 bridgehead atoms. The lowest BCUT2D eigenvalue weighted by molar-refractivity contribution is 0.550. The number of aromatic nitrogens is 4. The van der Waals surface area contributed by atoms with Gasteiger partial charge in [0.05, 0.1) is 12.2 Å². The molecule has 33 heavy (non-hydrogen) atoms. The summed E-state index contributed by atoms with van der Waals surface area (Å²) < 4.78 is 62.9. The molecule has 1 aliphatic rings. The summed E-state index contributed by atoms with van der Waals surface area (Å²) >= 11 is 0. The van der Waals surface area contributed by atoms with Crippen molar-refractivity contribution < 1.29 is 22.0 Å². The van der Waals surface area contributed by atoms with Crippen LogP contribution in [-0.4, -0.2) is 26.1 Å². The van der Waals surface area contributed by atoms with Crippen LogP contribution in [-0.2, 0) is 0 Å². The molecule has 4 heterocycles. The maximum atomic E-state index is 14.5. The average molecular weight is 453 g/mol. The third-order valence-electron chi connectivity index (χ3n) is 5.86. The van der Waals surface area contributed by atoms with E-state index in [9.17, 15) is 17.6 Å². The highest BCUT2D eigenvalue weighted by atomic mass is 19.1. The van der Waals surface area contributed by atoms with E-state index >= 15 is 0 Å². The number of nitrogens with zero attached hydrogens (tertiary/aromatic N) is 5. The van der Waals surface area contributed by atoms with Crippen molar-refractivity contribution in [1.82, 2.24) is 19.6 Å². The fourth-order valence-corrected chi connectivity index (χ4v) is 4.38. The summed E-state index contributed by atoms with van der Waals surface area (Å²) in [6.07, 6.45) is 4.59. The Hall–Kier alpha value is -3.95. The average Bonchev–Trinajstić information content (AvgIpc) is 3.52. The van der Waals surface area contributed by atoms with Crippen LogP contribution in [0.25, 0.3) is 28.2 Å². The first kappa shape index (κ1) is 19.7. The minimum atomic E-state index is -0.856. The summed E-state index contributed by atoms with van der Waals surface area (Å²) in [5, 5.41) is 4.23. The van der Waals surface area contributed by atoms with Crippen molar-refractivity contribution in [2.45, 2.75) is 18.9 Å². The first-order valence-corrected chi connectivity index (χ1v) is 10.3.